The van der Waals surface area contributed by atoms with Crippen molar-refractivity contribution in [3.63, 3.8) is 0 Å². The van der Waals surface area contributed by atoms with Gasteiger partial charge in [0.15, 0.2) is 0 Å². The van der Waals surface area contributed by atoms with E-state index in [1.807, 2.05) is 0 Å². The standard InChI is InChI=1S/C17H28N2O/c1-3-20-17(14-10-5-4-6-11-14)16(19-18)15-12-8-7-9-13(15)2/h7-9,12,14,16-17,19H,3-6,10-11,18H2,1-2H3. The van der Waals surface area contributed by atoms with Gasteiger partial charge in [-0.05, 0) is 43.7 Å². The van der Waals surface area contributed by atoms with Gasteiger partial charge in [0.25, 0.3) is 0 Å². The molecule has 1 saturated carbocycles. The molecule has 3 N–H and O–H groups in total. The van der Waals surface area contributed by atoms with E-state index in [2.05, 4.69) is 43.5 Å². The van der Waals surface area contributed by atoms with E-state index in [1.54, 1.807) is 0 Å². The van der Waals surface area contributed by atoms with Gasteiger partial charge < -0.3 is 4.74 Å². The van der Waals surface area contributed by atoms with Gasteiger partial charge in [-0.25, -0.2) is 0 Å². The molecule has 2 atom stereocenters. The van der Waals surface area contributed by atoms with E-state index in [-0.39, 0.29) is 12.1 Å². The lowest BCUT2D eigenvalue weighted by atomic mass is 9.80. The molecule has 3 heteroatoms. The maximum Gasteiger partial charge on any atom is 0.0810 e. The molecule has 0 spiro atoms. The van der Waals surface area contributed by atoms with Crippen molar-refractivity contribution in [2.24, 2.45) is 11.8 Å². The number of hydrogen-bond donors (Lipinski definition) is 2. The largest absolute Gasteiger partial charge is 0.376 e. The molecule has 3 nitrogen and oxygen atoms in total. The van der Waals surface area contributed by atoms with Gasteiger partial charge in [-0.15, -0.1) is 0 Å². The lowest BCUT2D eigenvalue weighted by Gasteiger charge is -2.36. The van der Waals surface area contributed by atoms with Gasteiger partial charge in [0.05, 0.1) is 12.1 Å². The summed E-state index contributed by atoms with van der Waals surface area (Å²) in [5.41, 5.74) is 5.55. The first-order chi connectivity index (χ1) is 9.77. The number of rotatable bonds is 6. The Balaban J connectivity index is 2.22. The van der Waals surface area contributed by atoms with Crippen molar-refractivity contribution in [2.45, 2.75) is 58.1 Å². The Hall–Kier alpha value is -0.900. The molecule has 112 valence electrons. The highest BCUT2D eigenvalue weighted by molar-refractivity contribution is 5.29. The van der Waals surface area contributed by atoms with Crippen LogP contribution in [0.2, 0.25) is 0 Å². The molecule has 0 bridgehead atoms. The van der Waals surface area contributed by atoms with Crippen LogP contribution in [-0.4, -0.2) is 12.7 Å². The van der Waals surface area contributed by atoms with Crippen LogP contribution in [0.4, 0.5) is 0 Å². The van der Waals surface area contributed by atoms with Crippen molar-refractivity contribution in [2.75, 3.05) is 6.61 Å². The van der Waals surface area contributed by atoms with Gasteiger partial charge in [0.1, 0.15) is 0 Å². The lowest BCUT2D eigenvalue weighted by molar-refractivity contribution is -0.0185. The van der Waals surface area contributed by atoms with Crippen molar-refractivity contribution < 1.29 is 4.74 Å². The van der Waals surface area contributed by atoms with Crippen molar-refractivity contribution in [1.29, 1.82) is 0 Å². The van der Waals surface area contributed by atoms with Gasteiger partial charge in [0.2, 0.25) is 0 Å². The van der Waals surface area contributed by atoms with Crippen LogP contribution in [0.15, 0.2) is 24.3 Å². The van der Waals surface area contributed by atoms with Gasteiger partial charge in [-0.2, -0.15) is 0 Å². The number of hydrazine groups is 1. The molecule has 0 aromatic heterocycles. The fraction of sp³-hybridized carbons (Fsp3) is 0.647. The molecular formula is C17H28N2O. The molecular weight excluding hydrogens is 248 g/mol. The van der Waals surface area contributed by atoms with E-state index in [0.717, 1.165) is 6.61 Å². The molecule has 0 aliphatic heterocycles. The molecule has 1 aromatic rings. The van der Waals surface area contributed by atoms with E-state index in [9.17, 15) is 0 Å². The average Bonchev–Trinajstić information content (AvgIpc) is 2.50. The van der Waals surface area contributed by atoms with Gasteiger partial charge in [-0.1, -0.05) is 43.5 Å². The number of nitrogens with two attached hydrogens (primary N) is 1. The quantitative estimate of drug-likeness (QED) is 0.617. The number of hydrogen-bond acceptors (Lipinski definition) is 3. The molecule has 0 amide bonds. The van der Waals surface area contributed by atoms with E-state index in [1.165, 1.54) is 43.2 Å². The van der Waals surface area contributed by atoms with Crippen LogP contribution in [0.25, 0.3) is 0 Å². The molecule has 20 heavy (non-hydrogen) atoms. The number of ether oxygens (including phenoxy) is 1. The van der Waals surface area contributed by atoms with Crippen molar-refractivity contribution in [3.05, 3.63) is 35.4 Å². The first-order valence-electron chi connectivity index (χ1n) is 7.91. The van der Waals surface area contributed by atoms with Crippen LogP contribution >= 0.6 is 0 Å². The van der Waals surface area contributed by atoms with E-state index < -0.39 is 0 Å². The van der Waals surface area contributed by atoms with Crippen molar-refractivity contribution in [3.8, 4) is 0 Å². The lowest BCUT2D eigenvalue weighted by Crippen LogP contribution is -2.43. The van der Waals surface area contributed by atoms with E-state index >= 15 is 0 Å². The van der Waals surface area contributed by atoms with Crippen LogP contribution in [0.1, 0.15) is 56.2 Å². The minimum atomic E-state index is 0.0826. The minimum absolute atomic E-state index is 0.0826. The predicted octanol–water partition coefficient (Wildman–Crippen LogP) is 3.48. The van der Waals surface area contributed by atoms with Crippen LogP contribution < -0.4 is 11.3 Å². The fourth-order valence-electron chi connectivity index (χ4n) is 3.46. The number of aryl methyl sites for hydroxylation is 1. The summed E-state index contributed by atoms with van der Waals surface area (Å²) in [4.78, 5) is 0. The van der Waals surface area contributed by atoms with Crippen molar-refractivity contribution >= 4 is 0 Å². The van der Waals surface area contributed by atoms with Crippen LogP contribution in [0, 0.1) is 12.8 Å². The smallest absolute Gasteiger partial charge is 0.0810 e. The Morgan fingerprint density at radius 3 is 2.55 bits per heavy atom. The summed E-state index contributed by atoms with van der Waals surface area (Å²) in [6, 6.07) is 8.54. The van der Waals surface area contributed by atoms with Gasteiger partial charge >= 0.3 is 0 Å². The number of benzene rings is 1. The molecule has 0 radical (unpaired) electrons. The topological polar surface area (TPSA) is 47.3 Å². The molecule has 2 unspecified atom stereocenters. The maximum atomic E-state index is 6.10. The first-order valence-corrected chi connectivity index (χ1v) is 7.91. The Morgan fingerprint density at radius 1 is 1.25 bits per heavy atom. The van der Waals surface area contributed by atoms with Crippen LogP contribution in [0.5, 0.6) is 0 Å². The fourth-order valence-corrected chi connectivity index (χ4v) is 3.46. The third-order valence-electron chi connectivity index (χ3n) is 4.51. The Bertz CT molecular complexity index is 402. The number of nitrogens with one attached hydrogen (secondary N) is 1. The zero-order valence-corrected chi connectivity index (χ0v) is 12.8. The average molecular weight is 276 g/mol. The van der Waals surface area contributed by atoms with Crippen LogP contribution in [-0.2, 0) is 4.74 Å². The predicted molar refractivity (Wildman–Crippen MR) is 83.2 cm³/mol. The van der Waals surface area contributed by atoms with E-state index in [0.29, 0.717) is 5.92 Å². The summed E-state index contributed by atoms with van der Waals surface area (Å²) in [6.45, 7) is 4.95. The highest BCUT2D eigenvalue weighted by Crippen LogP contribution is 2.34. The van der Waals surface area contributed by atoms with E-state index in [4.69, 9.17) is 10.6 Å². The third-order valence-corrected chi connectivity index (χ3v) is 4.51. The summed E-state index contributed by atoms with van der Waals surface area (Å²) < 4.78 is 6.10. The minimum Gasteiger partial charge on any atom is -0.376 e. The highest BCUT2D eigenvalue weighted by Gasteiger charge is 2.32. The molecule has 0 heterocycles. The molecule has 0 saturated heterocycles. The molecule has 2 rings (SSSR count). The molecule has 1 aliphatic rings. The maximum absolute atomic E-state index is 6.10. The second-order valence-electron chi connectivity index (χ2n) is 5.82. The summed E-state index contributed by atoms with van der Waals surface area (Å²) in [7, 11) is 0. The molecule has 1 fully saturated rings. The second-order valence-corrected chi connectivity index (χ2v) is 5.82. The Labute approximate surface area is 122 Å². The monoisotopic (exact) mass is 276 g/mol. The summed E-state index contributed by atoms with van der Waals surface area (Å²) >= 11 is 0. The third kappa shape index (κ3) is 3.60. The zero-order chi connectivity index (χ0) is 14.4. The molecule has 1 aromatic carbocycles. The highest BCUT2D eigenvalue weighted by atomic mass is 16.5. The Morgan fingerprint density at radius 2 is 1.95 bits per heavy atom. The van der Waals surface area contributed by atoms with Crippen LogP contribution in [0.3, 0.4) is 0 Å². The summed E-state index contributed by atoms with van der Waals surface area (Å²) in [6.07, 6.45) is 6.69. The summed E-state index contributed by atoms with van der Waals surface area (Å²) in [5, 5.41) is 0. The van der Waals surface area contributed by atoms with Crippen molar-refractivity contribution in [1.82, 2.24) is 5.43 Å². The summed E-state index contributed by atoms with van der Waals surface area (Å²) in [5.74, 6) is 6.50. The first kappa shape index (κ1) is 15.5. The SMILES string of the molecule is CCOC(C1CCCCC1)C(NN)c1ccccc1C. The van der Waals surface area contributed by atoms with Gasteiger partial charge in [0, 0.05) is 6.61 Å². The van der Waals surface area contributed by atoms with Gasteiger partial charge in [-0.3, -0.25) is 11.3 Å². The molecule has 1 aliphatic carbocycles. The normalized spacial score (nSPS) is 19.8. The Kier molecular flexibility index (Phi) is 6.02. The second kappa shape index (κ2) is 7.77. The zero-order valence-electron chi connectivity index (χ0n) is 12.8.